The quantitative estimate of drug-likeness (QED) is 0.606. The van der Waals surface area contributed by atoms with Crippen molar-refractivity contribution in [3.05, 3.63) is 29.8 Å². The van der Waals surface area contributed by atoms with Crippen LogP contribution in [0.2, 0.25) is 0 Å². The fraction of sp³-hybridized carbons (Fsp3) is 0.667. The van der Waals surface area contributed by atoms with Crippen molar-refractivity contribution in [1.82, 2.24) is 0 Å². The molecule has 0 aliphatic heterocycles. The fourth-order valence-electron chi connectivity index (χ4n) is 2.84. The third kappa shape index (κ3) is 5.40. The molecular weight excluding hydrogens is 296 g/mol. The molecule has 0 amide bonds. The molecule has 1 unspecified atom stereocenters. The first-order valence-electron chi connectivity index (χ1n) is 8.14. The Hall–Kier alpha value is -0.870. The molecule has 0 heterocycles. The van der Waals surface area contributed by atoms with E-state index in [1.165, 1.54) is 38.4 Å². The Morgan fingerprint density at radius 2 is 1.73 bits per heavy atom. The molecule has 4 heteroatoms. The normalized spacial score (nSPS) is 14.0. The SMILES string of the molecule is CCCC(C)CCCC(C)(C)c1ccc(S(=O)(=O)OC)cc1. The van der Waals surface area contributed by atoms with Crippen molar-refractivity contribution >= 4 is 10.1 Å². The van der Waals surface area contributed by atoms with Gasteiger partial charge in [0, 0.05) is 0 Å². The van der Waals surface area contributed by atoms with Crippen LogP contribution in [0.1, 0.15) is 65.4 Å². The summed E-state index contributed by atoms with van der Waals surface area (Å²) in [7, 11) is -2.41. The highest BCUT2D eigenvalue weighted by Gasteiger charge is 2.21. The Morgan fingerprint density at radius 3 is 2.23 bits per heavy atom. The molecule has 1 rings (SSSR count). The molecule has 0 aromatic heterocycles. The maximum atomic E-state index is 11.6. The molecule has 126 valence electrons. The van der Waals surface area contributed by atoms with Crippen molar-refractivity contribution in [3.63, 3.8) is 0 Å². The van der Waals surface area contributed by atoms with Crippen molar-refractivity contribution in [3.8, 4) is 0 Å². The standard InChI is InChI=1S/C18H30O3S/c1-6-8-15(2)9-7-14-18(3,4)16-10-12-17(13-11-16)22(19,20)21-5/h10-13,15H,6-9,14H2,1-5H3. The molecule has 22 heavy (non-hydrogen) atoms. The Labute approximate surface area is 136 Å². The molecule has 0 radical (unpaired) electrons. The third-order valence-electron chi connectivity index (χ3n) is 4.42. The van der Waals surface area contributed by atoms with Gasteiger partial charge in [0.2, 0.25) is 0 Å². The third-order valence-corrected chi connectivity index (χ3v) is 5.71. The molecule has 1 aromatic carbocycles. The first kappa shape index (κ1) is 19.2. The van der Waals surface area contributed by atoms with E-state index >= 15 is 0 Å². The lowest BCUT2D eigenvalue weighted by Crippen LogP contribution is -2.17. The van der Waals surface area contributed by atoms with Gasteiger partial charge in [0.15, 0.2) is 0 Å². The van der Waals surface area contributed by atoms with Crippen LogP contribution in [0.5, 0.6) is 0 Å². The lowest BCUT2D eigenvalue weighted by Gasteiger charge is -2.26. The maximum absolute atomic E-state index is 11.6. The van der Waals surface area contributed by atoms with Gasteiger partial charge < -0.3 is 0 Å². The van der Waals surface area contributed by atoms with Gasteiger partial charge in [-0.15, -0.1) is 0 Å². The summed E-state index contributed by atoms with van der Waals surface area (Å²) in [6, 6.07) is 7.08. The maximum Gasteiger partial charge on any atom is 0.296 e. The molecule has 1 aromatic rings. The van der Waals surface area contributed by atoms with Gasteiger partial charge in [-0.05, 0) is 35.4 Å². The van der Waals surface area contributed by atoms with Crippen LogP contribution in [0.25, 0.3) is 0 Å². The van der Waals surface area contributed by atoms with Gasteiger partial charge in [-0.1, -0.05) is 65.5 Å². The molecule has 0 saturated heterocycles. The van der Waals surface area contributed by atoms with Crippen molar-refractivity contribution in [2.45, 2.75) is 70.1 Å². The van der Waals surface area contributed by atoms with Gasteiger partial charge in [0.25, 0.3) is 10.1 Å². The molecule has 0 fully saturated rings. The number of hydrogen-bond donors (Lipinski definition) is 0. The second-order valence-corrected chi connectivity index (χ2v) is 8.53. The van der Waals surface area contributed by atoms with E-state index in [1.54, 1.807) is 12.1 Å². The topological polar surface area (TPSA) is 43.4 Å². The summed E-state index contributed by atoms with van der Waals surface area (Å²) in [5, 5.41) is 0. The van der Waals surface area contributed by atoms with Gasteiger partial charge in [-0.25, -0.2) is 0 Å². The molecular formula is C18H30O3S. The first-order valence-corrected chi connectivity index (χ1v) is 9.55. The number of benzene rings is 1. The average molecular weight is 327 g/mol. The average Bonchev–Trinajstić information content (AvgIpc) is 2.47. The molecule has 0 aliphatic rings. The summed E-state index contributed by atoms with van der Waals surface area (Å²) in [6.07, 6.45) is 6.11. The van der Waals surface area contributed by atoms with E-state index in [1.807, 2.05) is 12.1 Å². The number of hydrogen-bond acceptors (Lipinski definition) is 3. The van der Waals surface area contributed by atoms with E-state index in [2.05, 4.69) is 31.9 Å². The smallest absolute Gasteiger partial charge is 0.270 e. The minimum absolute atomic E-state index is 0.0568. The summed E-state index contributed by atoms with van der Waals surface area (Å²) in [5.74, 6) is 0.787. The molecule has 0 saturated carbocycles. The zero-order valence-corrected chi connectivity index (χ0v) is 15.4. The molecule has 0 spiro atoms. The predicted octanol–water partition coefficient (Wildman–Crippen LogP) is 4.91. The fourth-order valence-corrected chi connectivity index (χ4v) is 3.50. The summed E-state index contributed by atoms with van der Waals surface area (Å²) < 4.78 is 27.8. The van der Waals surface area contributed by atoms with Gasteiger partial charge in [-0.2, -0.15) is 8.42 Å². The van der Waals surface area contributed by atoms with Crippen molar-refractivity contribution in [1.29, 1.82) is 0 Å². The first-order chi connectivity index (χ1) is 10.2. The van der Waals surface area contributed by atoms with Crippen LogP contribution in [0.3, 0.4) is 0 Å². The monoisotopic (exact) mass is 326 g/mol. The Kier molecular flexibility index (Phi) is 7.07. The van der Waals surface area contributed by atoms with E-state index in [0.29, 0.717) is 0 Å². The van der Waals surface area contributed by atoms with Crippen LogP contribution >= 0.6 is 0 Å². The van der Waals surface area contributed by atoms with E-state index in [-0.39, 0.29) is 10.3 Å². The largest absolute Gasteiger partial charge is 0.296 e. The summed E-state index contributed by atoms with van der Waals surface area (Å²) in [6.45, 7) is 8.99. The van der Waals surface area contributed by atoms with E-state index in [9.17, 15) is 8.42 Å². The second-order valence-electron chi connectivity index (χ2n) is 6.82. The van der Waals surface area contributed by atoms with Crippen LogP contribution in [0.15, 0.2) is 29.2 Å². The highest BCUT2D eigenvalue weighted by molar-refractivity contribution is 7.86. The lowest BCUT2D eigenvalue weighted by atomic mass is 9.79. The van der Waals surface area contributed by atoms with Crippen LogP contribution in [-0.2, 0) is 19.7 Å². The Morgan fingerprint density at radius 1 is 1.14 bits per heavy atom. The molecule has 0 N–H and O–H groups in total. The van der Waals surface area contributed by atoms with Crippen molar-refractivity contribution < 1.29 is 12.6 Å². The van der Waals surface area contributed by atoms with Gasteiger partial charge in [0.05, 0.1) is 12.0 Å². The van der Waals surface area contributed by atoms with E-state index < -0.39 is 10.1 Å². The van der Waals surface area contributed by atoms with Gasteiger partial charge in [0.1, 0.15) is 0 Å². The minimum atomic E-state index is -3.59. The second kappa shape index (κ2) is 8.11. The van der Waals surface area contributed by atoms with Crippen LogP contribution in [0, 0.1) is 5.92 Å². The minimum Gasteiger partial charge on any atom is -0.270 e. The molecule has 3 nitrogen and oxygen atoms in total. The van der Waals surface area contributed by atoms with Crippen molar-refractivity contribution in [2.75, 3.05) is 7.11 Å². The predicted molar refractivity (Wildman–Crippen MR) is 91.6 cm³/mol. The van der Waals surface area contributed by atoms with Crippen LogP contribution < -0.4 is 0 Å². The number of rotatable bonds is 9. The van der Waals surface area contributed by atoms with Gasteiger partial charge in [-0.3, -0.25) is 4.18 Å². The van der Waals surface area contributed by atoms with E-state index in [0.717, 1.165) is 12.3 Å². The van der Waals surface area contributed by atoms with E-state index in [4.69, 9.17) is 0 Å². The zero-order chi connectivity index (χ0) is 16.8. The van der Waals surface area contributed by atoms with Crippen molar-refractivity contribution in [2.24, 2.45) is 5.92 Å². The lowest BCUT2D eigenvalue weighted by molar-refractivity contribution is 0.395. The summed E-state index contributed by atoms with van der Waals surface area (Å²) in [5.41, 5.74) is 1.23. The highest BCUT2D eigenvalue weighted by Crippen LogP contribution is 2.31. The summed E-state index contributed by atoms with van der Waals surface area (Å²) in [4.78, 5) is 0.214. The molecule has 0 bridgehead atoms. The van der Waals surface area contributed by atoms with Crippen LogP contribution in [-0.4, -0.2) is 15.5 Å². The Bertz CT molecular complexity index is 544. The molecule has 1 atom stereocenters. The highest BCUT2D eigenvalue weighted by atomic mass is 32.2. The molecule has 0 aliphatic carbocycles. The van der Waals surface area contributed by atoms with Crippen LogP contribution in [0.4, 0.5) is 0 Å². The van der Waals surface area contributed by atoms with Gasteiger partial charge >= 0.3 is 0 Å². The Balaban J connectivity index is 2.69. The zero-order valence-electron chi connectivity index (χ0n) is 14.6. The summed E-state index contributed by atoms with van der Waals surface area (Å²) >= 11 is 0.